The van der Waals surface area contributed by atoms with Gasteiger partial charge in [-0.3, -0.25) is 14.4 Å². The largest absolute Gasteiger partial charge is 0.459 e. The van der Waals surface area contributed by atoms with Crippen LogP contribution in [0.4, 0.5) is 0 Å². The first kappa shape index (κ1) is 21.8. The van der Waals surface area contributed by atoms with Gasteiger partial charge in [0.2, 0.25) is 0 Å². The molecular formula is C25H38O5. The molecule has 0 aliphatic heterocycles. The predicted octanol–water partition coefficient (Wildman–Crippen LogP) is 4.71. The molecule has 0 N–H and O–H groups in total. The molecule has 0 aromatic heterocycles. The summed E-state index contributed by atoms with van der Waals surface area (Å²) in [5.41, 5.74) is 0.217. The Hall–Kier alpha value is -1.39. The van der Waals surface area contributed by atoms with Crippen LogP contribution in [0, 0.1) is 40.4 Å². The minimum Gasteiger partial charge on any atom is -0.459 e. The molecule has 0 aromatic rings. The maximum atomic E-state index is 12.8. The van der Waals surface area contributed by atoms with E-state index in [9.17, 15) is 14.4 Å². The second kappa shape index (κ2) is 7.63. The van der Waals surface area contributed by atoms with Crippen molar-refractivity contribution in [3.63, 3.8) is 0 Å². The normalized spacial score (nSPS) is 47.6. The second-order valence-corrected chi connectivity index (χ2v) is 11.1. The number of hydrogen-bond donors (Lipinski definition) is 0. The highest BCUT2D eigenvalue weighted by atomic mass is 16.6. The Kier molecular flexibility index (Phi) is 5.55. The molecule has 9 atom stereocenters. The number of rotatable bonds is 3. The third-order valence-corrected chi connectivity index (χ3v) is 9.72. The monoisotopic (exact) mass is 418 g/mol. The molecule has 0 heterocycles. The quantitative estimate of drug-likeness (QED) is 0.621. The molecule has 5 heteroatoms. The van der Waals surface area contributed by atoms with Crippen LogP contribution in [0.25, 0.3) is 0 Å². The molecular weight excluding hydrogens is 380 g/mol. The van der Waals surface area contributed by atoms with Crippen molar-refractivity contribution in [2.45, 2.75) is 98.2 Å². The van der Waals surface area contributed by atoms with Crippen molar-refractivity contribution in [3.05, 3.63) is 0 Å². The smallest absolute Gasteiger partial charge is 0.303 e. The molecule has 0 saturated heterocycles. The molecule has 168 valence electrons. The minimum atomic E-state index is -0.367. The van der Waals surface area contributed by atoms with Crippen molar-refractivity contribution in [2.24, 2.45) is 40.4 Å². The van der Waals surface area contributed by atoms with Gasteiger partial charge in [-0.1, -0.05) is 20.8 Å². The maximum Gasteiger partial charge on any atom is 0.303 e. The molecule has 30 heavy (non-hydrogen) atoms. The summed E-state index contributed by atoms with van der Waals surface area (Å²) in [5.74, 6) is 2.18. The van der Waals surface area contributed by atoms with E-state index in [1.54, 1.807) is 0 Å². The average molecular weight is 419 g/mol. The number of hydrogen-bond acceptors (Lipinski definition) is 5. The summed E-state index contributed by atoms with van der Waals surface area (Å²) in [6, 6.07) is 0. The van der Waals surface area contributed by atoms with E-state index in [2.05, 4.69) is 20.8 Å². The number of Topliss-reactive ketones (excluding diaryl/α,β-unsaturated/α-hetero) is 1. The minimum absolute atomic E-state index is 0.0639. The van der Waals surface area contributed by atoms with E-state index >= 15 is 0 Å². The van der Waals surface area contributed by atoms with Crippen molar-refractivity contribution in [2.75, 3.05) is 0 Å². The molecule has 0 aromatic carbocycles. The van der Waals surface area contributed by atoms with Crippen LogP contribution in [0.3, 0.4) is 0 Å². The fourth-order valence-corrected chi connectivity index (χ4v) is 8.49. The third-order valence-electron chi connectivity index (χ3n) is 9.72. The van der Waals surface area contributed by atoms with Crippen LogP contribution in [0.5, 0.6) is 0 Å². The average Bonchev–Trinajstić information content (AvgIpc) is 2.91. The molecule has 0 amide bonds. The van der Waals surface area contributed by atoms with Crippen molar-refractivity contribution < 1.29 is 23.9 Å². The van der Waals surface area contributed by atoms with E-state index in [1.165, 1.54) is 20.3 Å². The number of carbonyl (C=O) groups excluding carboxylic acids is 3. The van der Waals surface area contributed by atoms with Crippen molar-refractivity contribution in [3.8, 4) is 0 Å². The number of ether oxygens (including phenoxy) is 2. The third kappa shape index (κ3) is 3.31. The van der Waals surface area contributed by atoms with Gasteiger partial charge < -0.3 is 9.47 Å². The molecule has 4 rings (SSSR count). The summed E-state index contributed by atoms with van der Waals surface area (Å²) in [7, 11) is 0. The lowest BCUT2D eigenvalue weighted by Crippen LogP contribution is -2.57. The van der Waals surface area contributed by atoms with Gasteiger partial charge in [0.15, 0.2) is 0 Å². The van der Waals surface area contributed by atoms with E-state index in [-0.39, 0.29) is 40.9 Å². The van der Waals surface area contributed by atoms with Crippen LogP contribution in [0.15, 0.2) is 0 Å². The number of fused-ring (bicyclic) bond motifs is 5. The van der Waals surface area contributed by atoms with Gasteiger partial charge in [-0.25, -0.2) is 0 Å². The number of esters is 2. The fraction of sp³-hybridized carbons (Fsp3) is 0.880. The van der Waals surface area contributed by atoms with Gasteiger partial charge in [-0.15, -0.1) is 0 Å². The first-order valence-electron chi connectivity index (χ1n) is 12.0. The Morgan fingerprint density at radius 3 is 2.27 bits per heavy atom. The Morgan fingerprint density at radius 2 is 1.63 bits per heavy atom. The highest BCUT2D eigenvalue weighted by Gasteiger charge is 2.63. The first-order chi connectivity index (χ1) is 14.1. The van der Waals surface area contributed by atoms with Gasteiger partial charge in [-0.05, 0) is 79.4 Å². The van der Waals surface area contributed by atoms with Crippen LogP contribution in [-0.2, 0) is 23.9 Å². The van der Waals surface area contributed by atoms with Crippen LogP contribution in [-0.4, -0.2) is 29.9 Å². The van der Waals surface area contributed by atoms with E-state index < -0.39 is 0 Å². The summed E-state index contributed by atoms with van der Waals surface area (Å²) < 4.78 is 11.3. The Labute approximate surface area is 180 Å². The topological polar surface area (TPSA) is 69.7 Å². The van der Waals surface area contributed by atoms with Crippen LogP contribution in [0.1, 0.15) is 86.0 Å². The Balaban J connectivity index is 1.61. The zero-order valence-electron chi connectivity index (χ0n) is 19.2. The van der Waals surface area contributed by atoms with Crippen molar-refractivity contribution in [1.82, 2.24) is 0 Å². The Morgan fingerprint density at radius 1 is 0.967 bits per heavy atom. The molecule has 4 fully saturated rings. The molecule has 0 radical (unpaired) electrons. The van der Waals surface area contributed by atoms with E-state index in [4.69, 9.17) is 9.47 Å². The molecule has 9 unspecified atom stereocenters. The van der Waals surface area contributed by atoms with E-state index in [1.807, 2.05) is 0 Å². The van der Waals surface area contributed by atoms with Gasteiger partial charge in [0, 0.05) is 26.2 Å². The lowest BCUT2D eigenvalue weighted by atomic mass is 9.44. The fourth-order valence-electron chi connectivity index (χ4n) is 8.49. The summed E-state index contributed by atoms with van der Waals surface area (Å²) in [6.07, 6.45) is 7.08. The van der Waals surface area contributed by atoms with Gasteiger partial charge in [-0.2, -0.15) is 0 Å². The highest BCUT2D eigenvalue weighted by Crippen LogP contribution is 2.67. The predicted molar refractivity (Wildman–Crippen MR) is 112 cm³/mol. The zero-order valence-corrected chi connectivity index (χ0v) is 19.2. The summed E-state index contributed by atoms with van der Waals surface area (Å²) >= 11 is 0. The molecule has 4 saturated carbocycles. The molecule has 0 bridgehead atoms. The van der Waals surface area contributed by atoms with Crippen LogP contribution < -0.4 is 0 Å². The molecule has 4 aliphatic rings. The van der Waals surface area contributed by atoms with Gasteiger partial charge in [0.1, 0.15) is 18.0 Å². The summed E-state index contributed by atoms with van der Waals surface area (Å²) in [5, 5.41) is 0. The van der Waals surface area contributed by atoms with Gasteiger partial charge in [0.05, 0.1) is 0 Å². The van der Waals surface area contributed by atoms with Gasteiger partial charge >= 0.3 is 11.9 Å². The number of ketones is 1. The second-order valence-electron chi connectivity index (χ2n) is 11.1. The van der Waals surface area contributed by atoms with Gasteiger partial charge in [0.25, 0.3) is 0 Å². The van der Waals surface area contributed by atoms with E-state index in [0.717, 1.165) is 44.9 Å². The maximum absolute atomic E-state index is 12.8. The van der Waals surface area contributed by atoms with E-state index in [0.29, 0.717) is 29.5 Å². The number of carbonyl (C=O) groups is 3. The summed E-state index contributed by atoms with van der Waals surface area (Å²) in [6.45, 7) is 9.79. The zero-order chi connectivity index (χ0) is 21.8. The van der Waals surface area contributed by atoms with Crippen LogP contribution in [0.2, 0.25) is 0 Å². The molecule has 0 spiro atoms. The molecule has 5 nitrogen and oxygen atoms in total. The SMILES string of the molecule is CCC1C(=O)CC2C3CCC4CC(OC(C)=O)C(OC(C)=O)CC4(C)C3CCC12C. The van der Waals surface area contributed by atoms with Crippen molar-refractivity contribution >= 4 is 17.7 Å². The standard InChI is InChI=1S/C25H38O5/c1-6-18-21(28)12-20-17-8-7-16-11-22(29-14(2)26)23(30-15(3)27)13-25(16,5)19(17)9-10-24(18,20)4/h16-20,22-23H,6-13H2,1-5H3. The van der Waals surface area contributed by atoms with Crippen molar-refractivity contribution in [1.29, 1.82) is 0 Å². The lowest BCUT2D eigenvalue weighted by Gasteiger charge is -2.61. The molecule has 4 aliphatic carbocycles. The highest BCUT2D eigenvalue weighted by molar-refractivity contribution is 5.84. The summed E-state index contributed by atoms with van der Waals surface area (Å²) in [4.78, 5) is 36.3. The lowest BCUT2D eigenvalue weighted by molar-refractivity contribution is -0.195. The first-order valence-corrected chi connectivity index (χ1v) is 12.0. The Bertz CT molecular complexity index is 731. The van der Waals surface area contributed by atoms with Crippen LogP contribution >= 0.6 is 0 Å².